The second-order valence-electron chi connectivity index (χ2n) is 1.48. The molecule has 2 N–H and O–H groups in total. The zero-order valence-corrected chi connectivity index (χ0v) is 7.89. The number of nitrogens with two attached hydrogens (primary N) is 1. The van der Waals surface area contributed by atoms with Crippen LogP contribution >= 0.6 is 0 Å². The van der Waals surface area contributed by atoms with Crippen LogP contribution in [0.15, 0.2) is 0 Å². The van der Waals surface area contributed by atoms with Crippen molar-refractivity contribution >= 4 is 5.78 Å². The van der Waals surface area contributed by atoms with E-state index in [-0.39, 0.29) is 44.5 Å². The number of carbonyl (C=O) groups is 1. The van der Waals surface area contributed by atoms with Gasteiger partial charge in [-0.3, -0.25) is 0 Å². The van der Waals surface area contributed by atoms with Gasteiger partial charge in [0.1, 0.15) is 0 Å². The van der Waals surface area contributed by atoms with Crippen LogP contribution in [0.1, 0.15) is 13.3 Å². The molecule has 0 saturated heterocycles. The molecule has 0 bridgehead atoms. The molecular formula is C5H10NOY-. The van der Waals surface area contributed by atoms with Gasteiger partial charge in [0, 0.05) is 44.5 Å². The van der Waals surface area contributed by atoms with Gasteiger partial charge in [-0.15, -0.1) is 0 Å². The standard InChI is InChI=1S/C5H10NO.Y/c1-3-5(6)4(2)7;/h5H,2-3,6H2,1H3;/q-1;/t5-;/m0./s1. The molecule has 1 atom stereocenters. The van der Waals surface area contributed by atoms with Crippen LogP contribution < -0.4 is 5.73 Å². The average Bonchev–Trinajstić information content (AvgIpc) is 1.65. The van der Waals surface area contributed by atoms with Crippen molar-refractivity contribution in [3.05, 3.63) is 6.92 Å². The molecule has 0 aliphatic heterocycles. The Morgan fingerprint density at radius 2 is 2.25 bits per heavy atom. The van der Waals surface area contributed by atoms with Crippen LogP contribution in [0, 0.1) is 6.92 Å². The third-order valence-corrected chi connectivity index (χ3v) is 0.853. The maximum atomic E-state index is 10.1. The molecule has 0 heterocycles. The summed E-state index contributed by atoms with van der Waals surface area (Å²) >= 11 is 0. The Labute approximate surface area is 75.1 Å². The summed E-state index contributed by atoms with van der Waals surface area (Å²) in [6.07, 6.45) is 0.683. The molecule has 45 valence electrons. The zero-order chi connectivity index (χ0) is 5.86. The van der Waals surface area contributed by atoms with E-state index >= 15 is 0 Å². The summed E-state index contributed by atoms with van der Waals surface area (Å²) in [5.74, 6) is -0.178. The first-order valence-corrected chi connectivity index (χ1v) is 2.30. The van der Waals surface area contributed by atoms with Crippen molar-refractivity contribution in [3.63, 3.8) is 0 Å². The molecule has 0 aromatic carbocycles. The number of hydrogen-bond donors (Lipinski definition) is 1. The minimum Gasteiger partial charge on any atom is -0.338 e. The van der Waals surface area contributed by atoms with Crippen LogP contribution in [0.3, 0.4) is 0 Å². The molecule has 0 fully saturated rings. The smallest absolute Gasteiger partial charge is 0.0339 e. The van der Waals surface area contributed by atoms with Gasteiger partial charge in [0.2, 0.25) is 0 Å². The minimum atomic E-state index is -0.347. The van der Waals surface area contributed by atoms with Gasteiger partial charge in [-0.05, 0) is 6.42 Å². The Morgan fingerprint density at radius 3 is 2.25 bits per heavy atom. The largest absolute Gasteiger partial charge is 0.338 e. The van der Waals surface area contributed by atoms with Crippen molar-refractivity contribution in [3.8, 4) is 0 Å². The second-order valence-corrected chi connectivity index (χ2v) is 1.48. The van der Waals surface area contributed by atoms with E-state index in [1.54, 1.807) is 0 Å². The van der Waals surface area contributed by atoms with Crippen molar-refractivity contribution in [2.75, 3.05) is 0 Å². The van der Waals surface area contributed by atoms with Crippen LogP contribution in [0.2, 0.25) is 0 Å². The molecule has 0 unspecified atom stereocenters. The van der Waals surface area contributed by atoms with Crippen LogP contribution in [-0.2, 0) is 37.5 Å². The number of carbonyl (C=O) groups excluding carboxylic acids is 1. The number of Topliss-reactive ketones (excluding diaryl/α,β-unsaturated/α-hetero) is 1. The molecule has 0 spiro atoms. The molecule has 1 radical (unpaired) electrons. The third kappa shape index (κ3) is 4.76. The van der Waals surface area contributed by atoms with E-state index in [2.05, 4.69) is 6.92 Å². The Bertz CT molecular complexity index is 74.8. The van der Waals surface area contributed by atoms with Gasteiger partial charge < -0.3 is 17.5 Å². The van der Waals surface area contributed by atoms with Crippen LogP contribution in [0.4, 0.5) is 0 Å². The summed E-state index contributed by atoms with van der Waals surface area (Å²) in [4.78, 5) is 10.1. The first-order chi connectivity index (χ1) is 3.18. The quantitative estimate of drug-likeness (QED) is 0.627. The third-order valence-electron chi connectivity index (χ3n) is 0.853. The van der Waals surface area contributed by atoms with Crippen molar-refractivity contribution in [2.24, 2.45) is 5.73 Å². The minimum absolute atomic E-state index is 0. The van der Waals surface area contributed by atoms with Gasteiger partial charge in [0.05, 0.1) is 0 Å². The fourth-order valence-electron chi connectivity index (χ4n) is 0.228. The zero-order valence-electron chi connectivity index (χ0n) is 5.05. The summed E-state index contributed by atoms with van der Waals surface area (Å²) in [5.41, 5.74) is 5.20. The molecule has 0 amide bonds. The first-order valence-electron chi connectivity index (χ1n) is 2.30. The van der Waals surface area contributed by atoms with Crippen LogP contribution in [0.5, 0.6) is 0 Å². The van der Waals surface area contributed by atoms with E-state index in [4.69, 9.17) is 5.73 Å². The normalized spacial score (nSPS) is 11.8. The fraction of sp³-hybridized carbons (Fsp3) is 0.600. The molecule has 0 aliphatic rings. The van der Waals surface area contributed by atoms with E-state index < -0.39 is 0 Å². The van der Waals surface area contributed by atoms with Crippen LogP contribution in [0.25, 0.3) is 0 Å². The Balaban J connectivity index is 0. The predicted molar refractivity (Wildman–Crippen MR) is 28.6 cm³/mol. The number of rotatable bonds is 2. The van der Waals surface area contributed by atoms with Crippen molar-refractivity contribution < 1.29 is 37.5 Å². The molecule has 0 aromatic rings. The van der Waals surface area contributed by atoms with Gasteiger partial charge in [-0.25, -0.2) is 0 Å². The van der Waals surface area contributed by atoms with E-state index in [1.165, 1.54) is 0 Å². The summed E-state index contributed by atoms with van der Waals surface area (Å²) in [5, 5.41) is 0. The van der Waals surface area contributed by atoms with Crippen molar-refractivity contribution in [1.82, 2.24) is 0 Å². The molecule has 0 aromatic heterocycles. The van der Waals surface area contributed by atoms with Crippen LogP contribution in [-0.4, -0.2) is 11.8 Å². The topological polar surface area (TPSA) is 43.1 Å². The molecule has 3 heteroatoms. The average molecular weight is 189 g/mol. The van der Waals surface area contributed by atoms with Gasteiger partial charge in [0.15, 0.2) is 0 Å². The summed E-state index contributed by atoms with van der Waals surface area (Å²) in [7, 11) is 0. The molecule has 0 aliphatic carbocycles. The van der Waals surface area contributed by atoms with Gasteiger partial charge in [-0.2, -0.15) is 0 Å². The monoisotopic (exact) mass is 189 g/mol. The summed E-state index contributed by atoms with van der Waals surface area (Å²) in [6, 6.07) is -0.347. The fourth-order valence-corrected chi connectivity index (χ4v) is 0.228. The maximum Gasteiger partial charge on any atom is 0.0339 e. The van der Waals surface area contributed by atoms with Gasteiger partial charge in [0.25, 0.3) is 0 Å². The maximum absolute atomic E-state index is 10.1. The summed E-state index contributed by atoms with van der Waals surface area (Å²) < 4.78 is 0. The molecule has 8 heavy (non-hydrogen) atoms. The molecule has 2 nitrogen and oxygen atoms in total. The number of ketones is 1. The van der Waals surface area contributed by atoms with Crippen molar-refractivity contribution in [1.29, 1.82) is 0 Å². The predicted octanol–water partition coefficient (Wildman–Crippen LogP) is 0.124. The van der Waals surface area contributed by atoms with E-state index in [1.807, 2.05) is 6.92 Å². The van der Waals surface area contributed by atoms with Crippen molar-refractivity contribution in [2.45, 2.75) is 19.4 Å². The second kappa shape index (κ2) is 5.74. The molecular weight excluding hydrogens is 179 g/mol. The Hall–Kier alpha value is 0.604. The van der Waals surface area contributed by atoms with Gasteiger partial charge in [-0.1, -0.05) is 6.92 Å². The van der Waals surface area contributed by atoms with E-state index in [9.17, 15) is 4.79 Å². The Kier molecular flexibility index (Phi) is 8.18. The molecule has 0 rings (SSSR count). The first kappa shape index (κ1) is 11.4. The summed E-state index contributed by atoms with van der Waals surface area (Å²) in [6.45, 7) is 5.00. The van der Waals surface area contributed by atoms with Gasteiger partial charge >= 0.3 is 0 Å². The Morgan fingerprint density at radius 1 is 1.88 bits per heavy atom. The molecule has 0 saturated carbocycles. The SMILES string of the molecule is [CH2-]C(=O)[C@@H](N)CC.[Y]. The van der Waals surface area contributed by atoms with E-state index in [0.717, 1.165) is 0 Å². The van der Waals surface area contributed by atoms with E-state index in [0.29, 0.717) is 6.42 Å². The number of hydrogen-bond acceptors (Lipinski definition) is 2.